The summed E-state index contributed by atoms with van der Waals surface area (Å²) in [5.74, 6) is 1.57. The van der Waals surface area contributed by atoms with Crippen molar-refractivity contribution in [1.82, 2.24) is 20.0 Å². The summed E-state index contributed by atoms with van der Waals surface area (Å²) in [6, 6.07) is 10.7. The molecule has 7 heteroatoms. The number of carbonyl (C=O) groups excluding carboxylic acids is 1. The summed E-state index contributed by atoms with van der Waals surface area (Å²) in [4.78, 5) is 23.8. The van der Waals surface area contributed by atoms with Crippen molar-refractivity contribution in [2.24, 2.45) is 0 Å². The average molecular weight is 378 g/mol. The van der Waals surface area contributed by atoms with Crippen LogP contribution >= 0.6 is 0 Å². The summed E-state index contributed by atoms with van der Waals surface area (Å²) in [6.07, 6.45) is 7.23. The van der Waals surface area contributed by atoms with E-state index in [1.165, 1.54) is 0 Å². The van der Waals surface area contributed by atoms with Crippen molar-refractivity contribution in [3.8, 4) is 17.1 Å². The summed E-state index contributed by atoms with van der Waals surface area (Å²) in [5, 5.41) is 4.10. The van der Waals surface area contributed by atoms with Crippen molar-refractivity contribution in [2.45, 2.75) is 31.7 Å². The maximum atomic E-state index is 13.3. The predicted octanol–water partition coefficient (Wildman–Crippen LogP) is 3.90. The largest absolute Gasteiger partial charge is 0.497 e. The molecule has 7 nitrogen and oxygen atoms in total. The molecule has 0 aliphatic carbocycles. The van der Waals surface area contributed by atoms with E-state index in [-0.39, 0.29) is 11.9 Å². The van der Waals surface area contributed by atoms with Gasteiger partial charge < -0.3 is 14.2 Å². The Kier molecular flexibility index (Phi) is 5.32. The summed E-state index contributed by atoms with van der Waals surface area (Å²) in [7, 11) is 1.59. The molecule has 28 heavy (non-hydrogen) atoms. The number of hydrogen-bond acceptors (Lipinski definition) is 6. The van der Waals surface area contributed by atoms with E-state index in [0.29, 0.717) is 29.6 Å². The van der Waals surface area contributed by atoms with Gasteiger partial charge in [-0.15, -0.1) is 0 Å². The maximum Gasteiger partial charge on any atom is 0.254 e. The van der Waals surface area contributed by atoms with Gasteiger partial charge in [0, 0.05) is 30.1 Å². The third-order valence-electron chi connectivity index (χ3n) is 4.98. The average Bonchev–Trinajstić information content (AvgIpc) is 3.12. The number of hydrogen-bond donors (Lipinski definition) is 0. The zero-order chi connectivity index (χ0) is 19.3. The van der Waals surface area contributed by atoms with Gasteiger partial charge in [0.25, 0.3) is 5.91 Å². The Hall–Kier alpha value is -3.22. The monoisotopic (exact) mass is 378 g/mol. The molecule has 3 heterocycles. The summed E-state index contributed by atoms with van der Waals surface area (Å²) < 4.78 is 10.8. The van der Waals surface area contributed by atoms with Crippen molar-refractivity contribution in [2.75, 3.05) is 13.7 Å². The Morgan fingerprint density at radius 2 is 2.14 bits per heavy atom. The van der Waals surface area contributed by atoms with Crippen molar-refractivity contribution in [3.05, 3.63) is 60.2 Å². The molecular weight excluding hydrogens is 356 g/mol. The van der Waals surface area contributed by atoms with Crippen LogP contribution in [0.1, 0.15) is 48.0 Å². The first-order valence-electron chi connectivity index (χ1n) is 9.45. The first-order chi connectivity index (χ1) is 13.8. The second-order valence-electron chi connectivity index (χ2n) is 6.79. The lowest BCUT2D eigenvalue weighted by Gasteiger charge is -2.27. The van der Waals surface area contributed by atoms with Gasteiger partial charge in [-0.3, -0.25) is 9.78 Å². The Balaban J connectivity index is 1.64. The van der Waals surface area contributed by atoms with Crippen LogP contribution in [0.25, 0.3) is 11.4 Å². The van der Waals surface area contributed by atoms with Crippen LogP contribution in [0.4, 0.5) is 0 Å². The predicted molar refractivity (Wildman–Crippen MR) is 103 cm³/mol. The highest BCUT2D eigenvalue weighted by molar-refractivity contribution is 5.94. The van der Waals surface area contributed by atoms with Crippen LogP contribution in [0.15, 0.2) is 53.3 Å². The van der Waals surface area contributed by atoms with Crippen LogP contribution in [0, 0.1) is 0 Å². The van der Waals surface area contributed by atoms with Crippen LogP contribution in [0.5, 0.6) is 5.75 Å². The van der Waals surface area contributed by atoms with Gasteiger partial charge in [-0.25, -0.2) is 0 Å². The number of methoxy groups -OCH3 is 1. The summed E-state index contributed by atoms with van der Waals surface area (Å²) in [5.41, 5.74) is 1.38. The molecule has 4 rings (SSSR count). The van der Waals surface area contributed by atoms with Crippen molar-refractivity contribution >= 4 is 5.91 Å². The number of amides is 1. The van der Waals surface area contributed by atoms with E-state index in [9.17, 15) is 4.79 Å². The van der Waals surface area contributed by atoms with E-state index in [1.807, 2.05) is 35.2 Å². The van der Waals surface area contributed by atoms with Crippen LogP contribution < -0.4 is 4.74 Å². The smallest absolute Gasteiger partial charge is 0.254 e. The minimum absolute atomic E-state index is 0.0491. The van der Waals surface area contributed by atoms with Gasteiger partial charge in [0.15, 0.2) is 0 Å². The molecule has 0 bridgehead atoms. The summed E-state index contributed by atoms with van der Waals surface area (Å²) in [6.45, 7) is 0.658. The van der Waals surface area contributed by atoms with E-state index in [4.69, 9.17) is 9.26 Å². The van der Waals surface area contributed by atoms with Crippen molar-refractivity contribution in [1.29, 1.82) is 0 Å². The fourth-order valence-electron chi connectivity index (χ4n) is 3.51. The number of nitrogens with zero attached hydrogens (tertiary/aromatic N) is 4. The van der Waals surface area contributed by atoms with E-state index in [1.54, 1.807) is 25.6 Å². The minimum atomic E-state index is -0.237. The number of aromatic nitrogens is 3. The van der Waals surface area contributed by atoms with Gasteiger partial charge in [0.1, 0.15) is 11.8 Å². The van der Waals surface area contributed by atoms with Crippen molar-refractivity contribution in [3.63, 3.8) is 0 Å². The minimum Gasteiger partial charge on any atom is -0.497 e. The fraction of sp³-hybridized carbons (Fsp3) is 0.333. The highest BCUT2D eigenvalue weighted by Crippen LogP contribution is 2.32. The van der Waals surface area contributed by atoms with E-state index in [2.05, 4.69) is 15.1 Å². The number of benzene rings is 1. The molecule has 144 valence electrons. The molecule has 0 radical (unpaired) electrons. The third-order valence-corrected chi connectivity index (χ3v) is 4.98. The lowest BCUT2D eigenvalue weighted by atomic mass is 10.1. The van der Waals surface area contributed by atoms with Crippen LogP contribution in [0.2, 0.25) is 0 Å². The topological polar surface area (TPSA) is 81.4 Å². The van der Waals surface area contributed by atoms with Crippen molar-refractivity contribution < 1.29 is 14.1 Å². The highest BCUT2D eigenvalue weighted by Gasteiger charge is 2.32. The van der Waals surface area contributed by atoms with E-state index in [0.717, 1.165) is 31.2 Å². The second-order valence-corrected chi connectivity index (χ2v) is 6.79. The second kappa shape index (κ2) is 8.21. The molecule has 1 aliphatic heterocycles. The Labute approximate surface area is 163 Å². The van der Waals surface area contributed by atoms with Gasteiger partial charge in [0.2, 0.25) is 11.7 Å². The molecule has 1 amide bonds. The summed E-state index contributed by atoms with van der Waals surface area (Å²) >= 11 is 0. The standard InChI is InChI=1S/C21H22N4O3/c1-27-17-9-5-7-15(13-17)21(26)25-12-4-2-3-10-18(25)20-23-19(24-28-20)16-8-6-11-22-14-16/h5-9,11,13-14,18H,2-4,10,12H2,1H3. The molecule has 1 aromatic carbocycles. The van der Waals surface area contributed by atoms with Crippen LogP contribution in [-0.4, -0.2) is 39.6 Å². The van der Waals surface area contributed by atoms with E-state index >= 15 is 0 Å². The number of rotatable bonds is 4. The molecule has 1 saturated heterocycles. The SMILES string of the molecule is COc1cccc(C(=O)N2CCCCCC2c2nc(-c3cccnc3)no2)c1. The molecule has 1 atom stereocenters. The van der Waals surface area contributed by atoms with Gasteiger partial charge in [-0.05, 0) is 43.2 Å². The van der Waals surface area contributed by atoms with Crippen LogP contribution in [-0.2, 0) is 0 Å². The Morgan fingerprint density at radius 1 is 1.21 bits per heavy atom. The zero-order valence-electron chi connectivity index (χ0n) is 15.7. The normalized spacial score (nSPS) is 17.2. The first kappa shape index (κ1) is 18.2. The third kappa shape index (κ3) is 3.74. The first-order valence-corrected chi connectivity index (χ1v) is 9.45. The lowest BCUT2D eigenvalue weighted by Crippen LogP contribution is -2.35. The number of ether oxygens (including phenoxy) is 1. The van der Waals surface area contributed by atoms with Gasteiger partial charge >= 0.3 is 0 Å². The maximum absolute atomic E-state index is 13.3. The highest BCUT2D eigenvalue weighted by atomic mass is 16.5. The van der Waals surface area contributed by atoms with Crippen LogP contribution in [0.3, 0.4) is 0 Å². The van der Waals surface area contributed by atoms with Gasteiger partial charge in [0.05, 0.1) is 7.11 Å². The Morgan fingerprint density at radius 3 is 2.96 bits per heavy atom. The van der Waals surface area contributed by atoms with Gasteiger partial charge in [-0.1, -0.05) is 24.1 Å². The fourth-order valence-corrected chi connectivity index (χ4v) is 3.51. The Bertz CT molecular complexity index is 942. The molecule has 1 unspecified atom stereocenters. The zero-order valence-corrected chi connectivity index (χ0v) is 15.7. The molecule has 3 aromatic rings. The molecule has 0 saturated carbocycles. The molecule has 2 aromatic heterocycles. The molecular formula is C21H22N4O3. The number of likely N-dealkylation sites (tertiary alicyclic amines) is 1. The quantitative estimate of drug-likeness (QED) is 0.685. The lowest BCUT2D eigenvalue weighted by molar-refractivity contribution is 0.0644. The number of pyridine rings is 1. The van der Waals surface area contributed by atoms with E-state index < -0.39 is 0 Å². The molecule has 1 fully saturated rings. The molecule has 1 aliphatic rings. The molecule has 0 spiro atoms. The number of carbonyl (C=O) groups is 1. The molecule has 0 N–H and O–H groups in total. The van der Waals surface area contributed by atoms with Gasteiger partial charge in [-0.2, -0.15) is 4.98 Å².